The Kier molecular flexibility index (Phi) is 5.89. The van der Waals surface area contributed by atoms with Crippen LogP contribution in [-0.4, -0.2) is 32.4 Å². The predicted molar refractivity (Wildman–Crippen MR) is 115 cm³/mol. The second kappa shape index (κ2) is 8.93. The molecule has 162 valence electrons. The van der Waals surface area contributed by atoms with Crippen molar-refractivity contribution < 1.29 is 32.9 Å². The van der Waals surface area contributed by atoms with Gasteiger partial charge in [0.15, 0.2) is 18.1 Å². The highest BCUT2D eigenvalue weighted by molar-refractivity contribution is 6.14. The Labute approximate surface area is 183 Å². The highest BCUT2D eigenvalue weighted by Crippen LogP contribution is 2.36. The summed E-state index contributed by atoms with van der Waals surface area (Å²) in [5, 5.41) is 0. The fraction of sp³-hybridized carbons (Fsp3) is 0.120. The summed E-state index contributed by atoms with van der Waals surface area (Å²) >= 11 is 0. The third-order valence-electron chi connectivity index (χ3n) is 4.90. The highest BCUT2D eigenvalue weighted by atomic mass is 19.1. The summed E-state index contributed by atoms with van der Waals surface area (Å²) in [7, 11) is 3.08. The van der Waals surface area contributed by atoms with Gasteiger partial charge in [0.2, 0.25) is 5.78 Å². The van der Waals surface area contributed by atoms with Gasteiger partial charge in [-0.15, -0.1) is 0 Å². The first-order chi connectivity index (χ1) is 15.5. The number of hydrogen-bond acceptors (Lipinski definition) is 6. The number of ketones is 2. The molecule has 0 saturated carbocycles. The van der Waals surface area contributed by atoms with Crippen LogP contribution in [0.5, 0.6) is 23.0 Å². The Morgan fingerprint density at radius 3 is 2.44 bits per heavy atom. The van der Waals surface area contributed by atoms with Crippen molar-refractivity contribution in [2.45, 2.75) is 0 Å². The van der Waals surface area contributed by atoms with Gasteiger partial charge in [-0.2, -0.15) is 0 Å². The average Bonchev–Trinajstić information content (AvgIpc) is 3.12. The maximum Gasteiger partial charge on any atom is 0.231 e. The first-order valence-corrected chi connectivity index (χ1v) is 9.70. The maximum absolute atomic E-state index is 13.0. The van der Waals surface area contributed by atoms with Crippen LogP contribution in [0.1, 0.15) is 26.3 Å². The smallest absolute Gasteiger partial charge is 0.231 e. The van der Waals surface area contributed by atoms with Gasteiger partial charge in [-0.25, -0.2) is 4.39 Å². The Morgan fingerprint density at radius 1 is 0.969 bits per heavy atom. The van der Waals surface area contributed by atoms with Crippen LogP contribution in [-0.2, 0) is 0 Å². The molecule has 32 heavy (non-hydrogen) atoms. The van der Waals surface area contributed by atoms with E-state index < -0.39 is 5.82 Å². The van der Waals surface area contributed by atoms with Crippen LogP contribution >= 0.6 is 0 Å². The van der Waals surface area contributed by atoms with Gasteiger partial charge >= 0.3 is 0 Å². The van der Waals surface area contributed by atoms with Crippen molar-refractivity contribution in [3.63, 3.8) is 0 Å². The van der Waals surface area contributed by atoms with E-state index in [0.717, 1.165) is 0 Å². The van der Waals surface area contributed by atoms with Crippen LogP contribution in [0.4, 0.5) is 4.39 Å². The number of hydrogen-bond donors (Lipinski definition) is 0. The molecule has 0 unspecified atom stereocenters. The molecule has 7 heteroatoms. The zero-order valence-electron chi connectivity index (χ0n) is 17.4. The summed E-state index contributed by atoms with van der Waals surface area (Å²) in [5.41, 5.74) is 1.39. The molecule has 0 spiro atoms. The zero-order chi connectivity index (χ0) is 22.7. The second-order valence-corrected chi connectivity index (χ2v) is 6.92. The molecule has 0 aliphatic carbocycles. The molecular formula is C25H19FO6. The molecule has 0 radical (unpaired) electrons. The number of benzene rings is 3. The molecule has 0 fully saturated rings. The van der Waals surface area contributed by atoms with Crippen LogP contribution in [0.25, 0.3) is 6.08 Å². The second-order valence-electron chi connectivity index (χ2n) is 6.92. The van der Waals surface area contributed by atoms with Gasteiger partial charge in [0.05, 0.1) is 19.8 Å². The number of allylic oxidation sites excluding steroid dienone is 1. The average molecular weight is 434 g/mol. The molecule has 6 nitrogen and oxygen atoms in total. The highest BCUT2D eigenvalue weighted by Gasteiger charge is 2.28. The third kappa shape index (κ3) is 4.32. The normalized spacial score (nSPS) is 13.5. The van der Waals surface area contributed by atoms with Gasteiger partial charge in [0.1, 0.15) is 28.8 Å². The van der Waals surface area contributed by atoms with Gasteiger partial charge < -0.3 is 18.9 Å². The van der Waals surface area contributed by atoms with E-state index in [4.69, 9.17) is 18.9 Å². The van der Waals surface area contributed by atoms with Crippen LogP contribution in [0.2, 0.25) is 0 Å². The molecule has 0 bridgehead atoms. The van der Waals surface area contributed by atoms with Crippen molar-refractivity contribution in [2.24, 2.45) is 0 Å². The SMILES string of the molecule is COc1ccc(C=C2Oc3cc(OCC(=O)c4ccc(F)cc4)ccc3C2=O)c(OC)c1. The first kappa shape index (κ1) is 21.1. The van der Waals surface area contributed by atoms with Crippen molar-refractivity contribution in [2.75, 3.05) is 20.8 Å². The van der Waals surface area contributed by atoms with Crippen molar-refractivity contribution in [1.82, 2.24) is 0 Å². The fourth-order valence-electron chi connectivity index (χ4n) is 3.20. The zero-order valence-corrected chi connectivity index (χ0v) is 17.4. The van der Waals surface area contributed by atoms with Crippen LogP contribution < -0.4 is 18.9 Å². The predicted octanol–water partition coefficient (Wildman–Crippen LogP) is 4.72. The Hall–Kier alpha value is -4.13. The van der Waals surface area contributed by atoms with E-state index in [1.54, 1.807) is 49.6 Å². The number of ether oxygens (including phenoxy) is 4. The van der Waals surface area contributed by atoms with E-state index in [2.05, 4.69) is 0 Å². The van der Waals surface area contributed by atoms with Gasteiger partial charge in [-0.3, -0.25) is 9.59 Å². The number of halogens is 1. The summed E-state index contributed by atoms with van der Waals surface area (Å²) in [6, 6.07) is 15.2. The monoisotopic (exact) mass is 434 g/mol. The molecule has 0 aromatic heterocycles. The minimum atomic E-state index is -0.418. The summed E-state index contributed by atoms with van der Waals surface area (Å²) in [4.78, 5) is 24.9. The molecule has 3 aromatic rings. The van der Waals surface area contributed by atoms with Crippen molar-refractivity contribution in [3.8, 4) is 23.0 Å². The van der Waals surface area contributed by atoms with Gasteiger partial charge in [-0.05, 0) is 54.6 Å². The lowest BCUT2D eigenvalue weighted by molar-refractivity contribution is 0.0920. The standard InChI is InChI=1S/C25H19FO6/c1-29-18-8-5-16(22(12-18)30-2)11-24-25(28)20-10-9-19(13-23(20)32-24)31-14-21(27)15-3-6-17(26)7-4-15/h3-13H,14H2,1-2H3. The number of fused-ring (bicyclic) bond motifs is 1. The molecule has 0 amide bonds. The van der Waals surface area contributed by atoms with Crippen LogP contribution in [0.15, 0.2) is 66.4 Å². The molecule has 1 aliphatic heterocycles. The summed E-state index contributed by atoms with van der Waals surface area (Å²) in [5.74, 6) is 1.02. The number of methoxy groups -OCH3 is 2. The molecule has 4 rings (SSSR count). The van der Waals surface area contributed by atoms with Crippen LogP contribution in [0, 0.1) is 5.82 Å². The van der Waals surface area contributed by atoms with Crippen molar-refractivity contribution >= 4 is 17.6 Å². The maximum atomic E-state index is 13.0. The van der Waals surface area contributed by atoms with E-state index in [1.165, 1.54) is 31.4 Å². The Bertz CT molecular complexity index is 1210. The quantitative estimate of drug-likeness (QED) is 0.396. The minimum Gasteiger partial charge on any atom is -0.497 e. The number of rotatable bonds is 7. The molecule has 1 heterocycles. The molecule has 1 aliphatic rings. The summed E-state index contributed by atoms with van der Waals surface area (Å²) < 4.78 is 34.8. The van der Waals surface area contributed by atoms with E-state index in [0.29, 0.717) is 39.7 Å². The number of Topliss-reactive ketones (excluding diaryl/α,β-unsaturated/α-hetero) is 2. The Morgan fingerprint density at radius 2 is 1.72 bits per heavy atom. The summed E-state index contributed by atoms with van der Waals surface area (Å²) in [6.45, 7) is -0.232. The van der Waals surface area contributed by atoms with E-state index in [9.17, 15) is 14.0 Å². The van der Waals surface area contributed by atoms with Crippen molar-refractivity contribution in [1.29, 1.82) is 0 Å². The largest absolute Gasteiger partial charge is 0.497 e. The molecule has 0 atom stereocenters. The minimum absolute atomic E-state index is 0.142. The Balaban J connectivity index is 1.49. The van der Waals surface area contributed by atoms with Crippen LogP contribution in [0.3, 0.4) is 0 Å². The molecule has 0 saturated heterocycles. The van der Waals surface area contributed by atoms with Gasteiger partial charge in [-0.1, -0.05) is 0 Å². The lowest BCUT2D eigenvalue weighted by Gasteiger charge is -2.08. The van der Waals surface area contributed by atoms with Crippen molar-refractivity contribution in [3.05, 3.63) is 88.9 Å². The molecular weight excluding hydrogens is 415 g/mol. The lowest BCUT2D eigenvalue weighted by Crippen LogP contribution is -2.11. The first-order valence-electron chi connectivity index (χ1n) is 9.70. The molecule has 3 aromatic carbocycles. The fourth-order valence-corrected chi connectivity index (χ4v) is 3.20. The number of carbonyl (C=O) groups is 2. The summed E-state index contributed by atoms with van der Waals surface area (Å²) in [6.07, 6.45) is 1.60. The van der Waals surface area contributed by atoms with Gasteiger partial charge in [0.25, 0.3) is 0 Å². The van der Waals surface area contributed by atoms with E-state index >= 15 is 0 Å². The lowest BCUT2D eigenvalue weighted by atomic mass is 10.1. The third-order valence-corrected chi connectivity index (χ3v) is 4.90. The van der Waals surface area contributed by atoms with Gasteiger partial charge in [0, 0.05) is 23.3 Å². The molecule has 0 N–H and O–H groups in total. The van der Waals surface area contributed by atoms with E-state index in [-0.39, 0.29) is 23.9 Å². The number of carbonyl (C=O) groups excluding carboxylic acids is 2. The topological polar surface area (TPSA) is 71.1 Å². The van der Waals surface area contributed by atoms with E-state index in [1.807, 2.05) is 0 Å².